The van der Waals surface area contributed by atoms with Crippen LogP contribution in [0.5, 0.6) is 0 Å². The van der Waals surface area contributed by atoms with Gasteiger partial charge in [0.25, 0.3) is 0 Å². The second kappa shape index (κ2) is 7.31. The number of aromatic nitrogens is 2. The Hall–Kier alpha value is -2.64. The molecule has 5 nitrogen and oxygen atoms in total. The van der Waals surface area contributed by atoms with E-state index < -0.39 is 17.7 Å². The highest BCUT2D eigenvalue weighted by Crippen LogP contribution is 2.49. The Bertz CT molecular complexity index is 918. The van der Waals surface area contributed by atoms with E-state index >= 15 is 0 Å². The average molecular weight is 405 g/mol. The highest BCUT2D eigenvalue weighted by Gasteiger charge is 2.44. The Labute approximate surface area is 166 Å². The Kier molecular flexibility index (Phi) is 4.96. The molecule has 3 atom stereocenters. The predicted octanol–water partition coefficient (Wildman–Crippen LogP) is 4.22. The third-order valence-electron chi connectivity index (χ3n) is 6.08. The van der Waals surface area contributed by atoms with Crippen LogP contribution >= 0.6 is 0 Å². The van der Waals surface area contributed by atoms with E-state index in [4.69, 9.17) is 4.74 Å². The molecule has 29 heavy (non-hydrogen) atoms. The summed E-state index contributed by atoms with van der Waals surface area (Å²) in [6.07, 6.45) is -1.31. The summed E-state index contributed by atoms with van der Waals surface area (Å²) in [5, 5.41) is 0. The number of anilines is 1. The van der Waals surface area contributed by atoms with Crippen LogP contribution in [0.2, 0.25) is 0 Å². The summed E-state index contributed by atoms with van der Waals surface area (Å²) in [6, 6.07) is 5.90. The summed E-state index contributed by atoms with van der Waals surface area (Å²) >= 11 is 0. The molecule has 4 rings (SSSR count). The number of carbonyl (C=O) groups is 1. The lowest BCUT2D eigenvalue weighted by atomic mass is 9.91. The van der Waals surface area contributed by atoms with Crippen LogP contribution in [-0.2, 0) is 10.9 Å². The van der Waals surface area contributed by atoms with Crippen LogP contribution in [0.25, 0.3) is 0 Å². The number of benzene rings is 1. The summed E-state index contributed by atoms with van der Waals surface area (Å²) in [7, 11) is 1.31. The maximum Gasteiger partial charge on any atom is 0.416 e. The molecule has 0 bridgehead atoms. The van der Waals surface area contributed by atoms with Crippen molar-refractivity contribution in [3.8, 4) is 0 Å². The number of halogens is 3. The van der Waals surface area contributed by atoms with Gasteiger partial charge in [0, 0.05) is 24.8 Å². The number of fused-ring (bicyclic) bond motifs is 1. The number of rotatable bonds is 3. The van der Waals surface area contributed by atoms with E-state index in [9.17, 15) is 18.0 Å². The first-order valence-corrected chi connectivity index (χ1v) is 9.61. The fraction of sp³-hybridized carbons (Fsp3) is 0.476. The molecule has 0 amide bonds. The van der Waals surface area contributed by atoms with Gasteiger partial charge >= 0.3 is 12.1 Å². The molecule has 1 aliphatic heterocycles. The summed E-state index contributed by atoms with van der Waals surface area (Å²) < 4.78 is 44.9. The Morgan fingerprint density at radius 2 is 1.83 bits per heavy atom. The molecule has 154 valence electrons. The van der Waals surface area contributed by atoms with Gasteiger partial charge in [-0.25, -0.2) is 14.8 Å². The Balaban J connectivity index is 1.50. The second-order valence-corrected chi connectivity index (χ2v) is 7.87. The largest absolute Gasteiger partial charge is 0.464 e. The standard InChI is InChI=1S/C21H22F3N3O2/c1-12-9-25-20(26-18(12)19(28)29-2)27-10-14-7-13(8-15(14)11-27)16-5-3-4-6-17(16)21(22,23)24/h3-6,9,13-15H,7-8,10-11H2,1-2H3/t13?,14-,15+. The number of carbonyl (C=O) groups excluding carboxylic acids is 1. The topological polar surface area (TPSA) is 55.3 Å². The maximum absolute atomic E-state index is 13.4. The molecule has 1 saturated carbocycles. The van der Waals surface area contributed by atoms with Gasteiger partial charge in [-0.2, -0.15) is 13.2 Å². The Morgan fingerprint density at radius 3 is 2.45 bits per heavy atom. The van der Waals surface area contributed by atoms with Crippen molar-refractivity contribution >= 4 is 11.9 Å². The van der Waals surface area contributed by atoms with E-state index in [1.54, 1.807) is 25.3 Å². The monoisotopic (exact) mass is 405 g/mol. The molecule has 0 radical (unpaired) electrons. The van der Waals surface area contributed by atoms with Crippen molar-refractivity contribution in [1.29, 1.82) is 0 Å². The first-order valence-electron chi connectivity index (χ1n) is 9.61. The van der Waals surface area contributed by atoms with Crippen molar-refractivity contribution < 1.29 is 22.7 Å². The van der Waals surface area contributed by atoms with Gasteiger partial charge in [0.15, 0.2) is 5.69 Å². The van der Waals surface area contributed by atoms with E-state index in [1.807, 2.05) is 4.90 Å². The average Bonchev–Trinajstić information content (AvgIpc) is 3.26. The SMILES string of the molecule is COC(=O)c1nc(N2C[C@H]3CC(c4ccccc4C(F)(F)F)C[C@H]3C2)ncc1C. The zero-order chi connectivity index (χ0) is 20.8. The van der Waals surface area contributed by atoms with Gasteiger partial charge in [-0.05, 0) is 49.1 Å². The molecule has 0 spiro atoms. The zero-order valence-corrected chi connectivity index (χ0v) is 16.2. The Morgan fingerprint density at radius 1 is 1.17 bits per heavy atom. The molecular formula is C21H22F3N3O2. The molecule has 1 aromatic heterocycles. The smallest absolute Gasteiger partial charge is 0.416 e. The predicted molar refractivity (Wildman–Crippen MR) is 101 cm³/mol. The van der Waals surface area contributed by atoms with Crippen molar-refractivity contribution in [2.45, 2.75) is 31.9 Å². The molecule has 0 N–H and O–H groups in total. The van der Waals surface area contributed by atoms with Gasteiger partial charge in [-0.15, -0.1) is 0 Å². The fourth-order valence-electron chi connectivity index (χ4n) is 4.72. The number of ether oxygens (including phenoxy) is 1. The molecule has 2 aromatic rings. The molecule has 1 saturated heterocycles. The van der Waals surface area contributed by atoms with E-state index in [2.05, 4.69) is 9.97 Å². The third kappa shape index (κ3) is 3.68. The van der Waals surface area contributed by atoms with Gasteiger partial charge in [0.1, 0.15) is 0 Å². The van der Waals surface area contributed by atoms with Gasteiger partial charge in [-0.1, -0.05) is 18.2 Å². The molecule has 1 aliphatic carbocycles. The highest BCUT2D eigenvalue weighted by atomic mass is 19.4. The number of alkyl halides is 3. The van der Waals surface area contributed by atoms with Crippen LogP contribution in [-0.4, -0.2) is 36.1 Å². The maximum atomic E-state index is 13.4. The van der Waals surface area contributed by atoms with Crippen LogP contribution in [0.3, 0.4) is 0 Å². The fourth-order valence-corrected chi connectivity index (χ4v) is 4.72. The summed E-state index contributed by atoms with van der Waals surface area (Å²) in [5.41, 5.74) is 0.766. The van der Waals surface area contributed by atoms with Gasteiger partial charge in [-0.3, -0.25) is 0 Å². The van der Waals surface area contributed by atoms with Crippen LogP contribution in [0.15, 0.2) is 30.5 Å². The van der Waals surface area contributed by atoms with Crippen molar-refractivity contribution in [2.75, 3.05) is 25.1 Å². The zero-order valence-electron chi connectivity index (χ0n) is 16.2. The summed E-state index contributed by atoms with van der Waals surface area (Å²) in [6.45, 7) is 3.11. The first kappa shape index (κ1) is 19.7. The quantitative estimate of drug-likeness (QED) is 0.716. The van der Waals surface area contributed by atoms with Gasteiger partial charge in [0.2, 0.25) is 5.95 Å². The van der Waals surface area contributed by atoms with Crippen LogP contribution < -0.4 is 4.90 Å². The number of nitrogens with zero attached hydrogens (tertiary/aromatic N) is 3. The number of aryl methyl sites for hydroxylation is 1. The number of hydrogen-bond donors (Lipinski definition) is 0. The lowest BCUT2D eigenvalue weighted by molar-refractivity contribution is -0.138. The lowest BCUT2D eigenvalue weighted by Crippen LogP contribution is -2.25. The number of methoxy groups -OCH3 is 1. The minimum Gasteiger partial charge on any atom is -0.464 e. The molecule has 2 aliphatic rings. The summed E-state index contributed by atoms with van der Waals surface area (Å²) in [5.74, 6) is 0.446. The van der Waals surface area contributed by atoms with Gasteiger partial charge < -0.3 is 9.64 Å². The van der Waals surface area contributed by atoms with E-state index in [0.29, 0.717) is 43.0 Å². The molecule has 8 heteroatoms. The van der Waals surface area contributed by atoms with E-state index in [1.165, 1.54) is 19.2 Å². The van der Waals surface area contributed by atoms with Crippen molar-refractivity contribution in [1.82, 2.24) is 9.97 Å². The first-order chi connectivity index (χ1) is 13.8. The van der Waals surface area contributed by atoms with Crippen LogP contribution in [0.4, 0.5) is 19.1 Å². The molecule has 1 aromatic carbocycles. The minimum absolute atomic E-state index is 0.0884. The second-order valence-electron chi connectivity index (χ2n) is 7.87. The van der Waals surface area contributed by atoms with Crippen molar-refractivity contribution in [2.24, 2.45) is 11.8 Å². The van der Waals surface area contributed by atoms with Crippen molar-refractivity contribution in [3.63, 3.8) is 0 Å². The third-order valence-corrected chi connectivity index (χ3v) is 6.08. The minimum atomic E-state index is -4.33. The van der Waals surface area contributed by atoms with E-state index in [-0.39, 0.29) is 23.4 Å². The van der Waals surface area contributed by atoms with Gasteiger partial charge in [0.05, 0.1) is 12.7 Å². The molecule has 2 heterocycles. The van der Waals surface area contributed by atoms with Crippen molar-refractivity contribution in [3.05, 3.63) is 52.8 Å². The molecule has 2 fully saturated rings. The number of esters is 1. The highest BCUT2D eigenvalue weighted by molar-refractivity contribution is 5.88. The van der Waals surface area contributed by atoms with Crippen LogP contribution in [0.1, 0.15) is 45.9 Å². The van der Waals surface area contributed by atoms with Crippen LogP contribution in [0, 0.1) is 18.8 Å². The molecular weight excluding hydrogens is 383 g/mol. The van der Waals surface area contributed by atoms with E-state index in [0.717, 1.165) is 0 Å². The lowest BCUT2D eigenvalue weighted by Gasteiger charge is -2.22. The number of hydrogen-bond acceptors (Lipinski definition) is 5. The molecule has 1 unspecified atom stereocenters. The normalized spacial score (nSPS) is 23.9. The summed E-state index contributed by atoms with van der Waals surface area (Å²) in [4.78, 5) is 22.6.